The number of aromatic nitrogens is 2. The Hall–Kier alpha value is -2.70. The predicted octanol–water partition coefficient (Wildman–Crippen LogP) is 0.816. The van der Waals surface area contributed by atoms with Crippen molar-refractivity contribution >= 4 is 5.69 Å². The van der Waals surface area contributed by atoms with Crippen LogP contribution in [0.5, 0.6) is 0 Å². The van der Waals surface area contributed by atoms with Crippen LogP contribution in [0.2, 0.25) is 0 Å². The molecule has 1 heterocycles. The molecule has 0 saturated heterocycles. The minimum atomic E-state index is -0.445. The fourth-order valence-corrected chi connectivity index (χ4v) is 1.88. The minimum absolute atomic E-state index is 0.326. The Morgan fingerprint density at radius 2 is 1.90 bits per heavy atom. The average molecular weight is 276 g/mol. The van der Waals surface area contributed by atoms with Crippen LogP contribution >= 0.6 is 0 Å². The van der Waals surface area contributed by atoms with Gasteiger partial charge in [-0.05, 0) is 18.6 Å². The molecule has 1 aromatic carbocycles. The Morgan fingerprint density at radius 1 is 1.20 bits per heavy atom. The van der Waals surface area contributed by atoms with Crippen LogP contribution in [-0.2, 0) is 11.9 Å². The van der Waals surface area contributed by atoms with E-state index in [1.54, 1.807) is 19.1 Å². The second-order valence-corrected chi connectivity index (χ2v) is 4.28. The lowest BCUT2D eigenvalue weighted by Gasteiger charge is -2.09. The standard InChI is InChI=1S/C13H14N3O4/c1-9-8-10(16(19)20-3)4-5-11(9)15-7-6-12(17)14(2)13(15)18/h4-8H,1-3H3/q+1. The van der Waals surface area contributed by atoms with Crippen molar-refractivity contribution in [2.75, 3.05) is 7.11 Å². The van der Waals surface area contributed by atoms with Crippen molar-refractivity contribution in [3.8, 4) is 5.69 Å². The molecule has 0 N–H and O–H groups in total. The molecule has 1 aromatic heterocycles. The number of hydrogen-bond donors (Lipinski definition) is 0. The molecule has 2 rings (SSSR count). The van der Waals surface area contributed by atoms with Crippen LogP contribution in [0.25, 0.3) is 5.69 Å². The molecule has 104 valence electrons. The van der Waals surface area contributed by atoms with Gasteiger partial charge >= 0.3 is 11.4 Å². The van der Waals surface area contributed by atoms with Crippen LogP contribution in [0.3, 0.4) is 0 Å². The predicted molar refractivity (Wildman–Crippen MR) is 72.3 cm³/mol. The highest BCUT2D eigenvalue weighted by Crippen LogP contribution is 2.19. The van der Waals surface area contributed by atoms with E-state index in [9.17, 15) is 14.5 Å². The quantitative estimate of drug-likeness (QED) is 0.778. The van der Waals surface area contributed by atoms with E-state index in [0.29, 0.717) is 21.9 Å². The summed E-state index contributed by atoms with van der Waals surface area (Å²) >= 11 is 0. The van der Waals surface area contributed by atoms with Gasteiger partial charge < -0.3 is 0 Å². The van der Waals surface area contributed by atoms with E-state index < -0.39 is 5.69 Å². The van der Waals surface area contributed by atoms with Gasteiger partial charge in [-0.25, -0.2) is 9.63 Å². The second-order valence-electron chi connectivity index (χ2n) is 4.28. The zero-order valence-corrected chi connectivity index (χ0v) is 11.4. The molecule has 0 unspecified atom stereocenters. The summed E-state index contributed by atoms with van der Waals surface area (Å²) in [4.78, 5) is 39.7. The molecule has 0 spiro atoms. The van der Waals surface area contributed by atoms with Crippen molar-refractivity contribution in [3.05, 3.63) is 61.8 Å². The molecule has 0 aliphatic heterocycles. The van der Waals surface area contributed by atoms with Crippen molar-refractivity contribution in [2.24, 2.45) is 7.05 Å². The first-order valence-electron chi connectivity index (χ1n) is 5.87. The molecule has 7 nitrogen and oxygen atoms in total. The maximum Gasteiger partial charge on any atom is 0.335 e. The van der Waals surface area contributed by atoms with E-state index in [1.807, 2.05) is 0 Å². The molecule has 0 aliphatic rings. The van der Waals surface area contributed by atoms with Crippen LogP contribution in [0.4, 0.5) is 5.69 Å². The van der Waals surface area contributed by atoms with Crippen molar-refractivity contribution in [3.63, 3.8) is 0 Å². The lowest BCUT2D eigenvalue weighted by molar-refractivity contribution is -0.736. The summed E-state index contributed by atoms with van der Waals surface area (Å²) in [6, 6.07) is 6.07. The average Bonchev–Trinajstić information content (AvgIpc) is 2.45. The summed E-state index contributed by atoms with van der Waals surface area (Å²) in [5.74, 6) is 0. The van der Waals surface area contributed by atoms with Crippen molar-refractivity contribution in [1.29, 1.82) is 0 Å². The van der Waals surface area contributed by atoms with E-state index in [4.69, 9.17) is 0 Å². The fourth-order valence-electron chi connectivity index (χ4n) is 1.88. The number of benzene rings is 1. The van der Waals surface area contributed by atoms with Crippen molar-refractivity contribution in [1.82, 2.24) is 9.13 Å². The summed E-state index contributed by atoms with van der Waals surface area (Å²) in [5, 5.41) is 0. The summed E-state index contributed by atoms with van der Waals surface area (Å²) < 4.78 is 2.37. The number of rotatable bonds is 3. The second kappa shape index (κ2) is 5.12. The van der Waals surface area contributed by atoms with Gasteiger partial charge in [0, 0.05) is 31.4 Å². The molecular weight excluding hydrogens is 262 g/mol. The van der Waals surface area contributed by atoms with E-state index in [-0.39, 0.29) is 5.56 Å². The van der Waals surface area contributed by atoms with Crippen LogP contribution in [-0.4, -0.2) is 21.2 Å². The Balaban J connectivity index is 2.61. The van der Waals surface area contributed by atoms with Gasteiger partial charge in [0.05, 0.1) is 10.6 Å². The lowest BCUT2D eigenvalue weighted by Crippen LogP contribution is -2.36. The first-order valence-corrected chi connectivity index (χ1v) is 5.87. The summed E-state index contributed by atoms with van der Waals surface area (Å²) in [6.45, 7) is 1.76. The fraction of sp³-hybridized carbons (Fsp3) is 0.231. The van der Waals surface area contributed by atoms with Gasteiger partial charge in [-0.1, -0.05) is 0 Å². The zero-order chi connectivity index (χ0) is 14.9. The summed E-state index contributed by atoms with van der Waals surface area (Å²) in [5.41, 5.74) is 0.816. The molecule has 0 atom stereocenters. The monoisotopic (exact) mass is 276 g/mol. The Bertz CT molecular complexity index is 789. The van der Waals surface area contributed by atoms with Crippen LogP contribution in [0.15, 0.2) is 40.1 Å². The molecule has 2 aromatic rings. The van der Waals surface area contributed by atoms with E-state index >= 15 is 0 Å². The molecular formula is C13H14N3O4+. The van der Waals surface area contributed by atoms with Gasteiger partial charge in [-0.3, -0.25) is 13.9 Å². The molecule has 0 saturated carbocycles. The highest BCUT2D eigenvalue weighted by Gasteiger charge is 2.16. The van der Waals surface area contributed by atoms with Gasteiger partial charge in [0.15, 0.2) is 7.11 Å². The van der Waals surface area contributed by atoms with Gasteiger partial charge in [-0.2, -0.15) is 0 Å². The number of hydrogen-bond acceptors (Lipinski definition) is 4. The molecule has 0 bridgehead atoms. The van der Waals surface area contributed by atoms with Crippen LogP contribution < -0.4 is 11.2 Å². The topological polar surface area (TPSA) is 73.3 Å². The van der Waals surface area contributed by atoms with Crippen LogP contribution in [0, 0.1) is 11.8 Å². The Kier molecular flexibility index (Phi) is 3.51. The lowest BCUT2D eigenvalue weighted by atomic mass is 10.2. The first kappa shape index (κ1) is 13.7. The maximum absolute atomic E-state index is 12.0. The molecule has 20 heavy (non-hydrogen) atoms. The SMILES string of the molecule is CO[N+](=O)c1ccc(-n2ccc(=O)n(C)c2=O)c(C)c1. The third kappa shape index (κ3) is 2.25. The van der Waals surface area contributed by atoms with Gasteiger partial charge in [-0.15, -0.1) is 0 Å². The largest absolute Gasteiger partial charge is 0.335 e. The van der Waals surface area contributed by atoms with Gasteiger partial charge in [0.1, 0.15) is 0 Å². The van der Waals surface area contributed by atoms with E-state index in [1.165, 1.54) is 37.1 Å². The molecule has 0 aliphatic carbocycles. The number of nitrogens with zero attached hydrogens (tertiary/aromatic N) is 3. The molecule has 7 heteroatoms. The Labute approximate surface area is 114 Å². The van der Waals surface area contributed by atoms with Gasteiger partial charge in [0.25, 0.3) is 10.5 Å². The number of aryl methyl sites for hydroxylation is 1. The normalized spacial score (nSPS) is 10.3. The third-order valence-corrected chi connectivity index (χ3v) is 3.01. The Morgan fingerprint density at radius 3 is 2.50 bits per heavy atom. The van der Waals surface area contributed by atoms with E-state index in [2.05, 4.69) is 4.84 Å². The molecule has 0 amide bonds. The zero-order valence-electron chi connectivity index (χ0n) is 11.4. The molecule has 0 fully saturated rings. The summed E-state index contributed by atoms with van der Waals surface area (Å²) in [6.07, 6.45) is 1.41. The smallest absolute Gasteiger partial charge is 0.269 e. The summed E-state index contributed by atoms with van der Waals surface area (Å²) in [7, 11) is 2.68. The van der Waals surface area contributed by atoms with Crippen LogP contribution in [0.1, 0.15) is 5.56 Å². The van der Waals surface area contributed by atoms with Gasteiger partial charge in [0.2, 0.25) is 0 Å². The van der Waals surface area contributed by atoms with E-state index in [0.717, 1.165) is 4.57 Å². The third-order valence-electron chi connectivity index (χ3n) is 3.01. The molecule has 0 radical (unpaired) electrons. The van der Waals surface area contributed by atoms with Crippen molar-refractivity contribution in [2.45, 2.75) is 6.92 Å². The highest BCUT2D eigenvalue weighted by molar-refractivity contribution is 5.47. The van der Waals surface area contributed by atoms with Crippen molar-refractivity contribution < 1.29 is 9.76 Å². The first-order chi connectivity index (χ1) is 9.45. The maximum atomic E-state index is 12.0. The minimum Gasteiger partial charge on any atom is -0.269 e. The highest BCUT2D eigenvalue weighted by atomic mass is 16.8.